The van der Waals surface area contributed by atoms with Crippen LogP contribution in [0.2, 0.25) is 0 Å². The average molecular weight is 267 g/mol. The van der Waals surface area contributed by atoms with Crippen molar-refractivity contribution in [1.29, 1.82) is 0 Å². The Bertz CT molecular complexity index is 639. The Kier molecular flexibility index (Phi) is 3.48. The van der Waals surface area contributed by atoms with Crippen LogP contribution in [0.3, 0.4) is 0 Å². The van der Waals surface area contributed by atoms with E-state index in [2.05, 4.69) is 16.4 Å². The molecule has 0 fully saturated rings. The summed E-state index contributed by atoms with van der Waals surface area (Å²) in [4.78, 5) is 15.6. The molecule has 1 amide bonds. The highest BCUT2D eigenvalue weighted by Crippen LogP contribution is 2.28. The lowest BCUT2D eigenvalue weighted by Gasteiger charge is -2.13. The summed E-state index contributed by atoms with van der Waals surface area (Å²) in [7, 11) is 0. The van der Waals surface area contributed by atoms with Gasteiger partial charge >= 0.3 is 0 Å². The molecule has 102 valence electrons. The predicted molar refractivity (Wildman–Crippen MR) is 77.1 cm³/mol. The maximum atomic E-state index is 11.2. The molecule has 1 aromatic heterocycles. The Morgan fingerprint density at radius 3 is 3.10 bits per heavy atom. The number of hydrogen-bond acceptors (Lipinski definition) is 3. The maximum absolute atomic E-state index is 11.2. The Hall–Kier alpha value is -2.20. The lowest BCUT2D eigenvalue weighted by molar-refractivity contribution is 0.1000. The van der Waals surface area contributed by atoms with Gasteiger partial charge in [-0.05, 0) is 42.2 Å². The van der Waals surface area contributed by atoms with Crippen LogP contribution in [0.5, 0.6) is 0 Å². The molecule has 4 nitrogen and oxygen atoms in total. The van der Waals surface area contributed by atoms with Gasteiger partial charge in [0, 0.05) is 18.3 Å². The Morgan fingerprint density at radius 1 is 1.35 bits per heavy atom. The SMILES string of the molecule is NC(=O)c1cccc(CNC2CCc3cccnc32)c1. The van der Waals surface area contributed by atoms with E-state index >= 15 is 0 Å². The molecule has 4 heteroatoms. The van der Waals surface area contributed by atoms with Crippen molar-refractivity contribution in [3.63, 3.8) is 0 Å². The molecule has 0 spiro atoms. The smallest absolute Gasteiger partial charge is 0.248 e. The monoisotopic (exact) mass is 267 g/mol. The third-order valence-corrected chi connectivity index (χ3v) is 3.72. The van der Waals surface area contributed by atoms with Crippen molar-refractivity contribution >= 4 is 5.91 Å². The van der Waals surface area contributed by atoms with Crippen LogP contribution in [0.4, 0.5) is 0 Å². The first kappa shape index (κ1) is 12.8. The number of amides is 1. The number of benzene rings is 1. The van der Waals surface area contributed by atoms with Crippen molar-refractivity contribution in [2.45, 2.75) is 25.4 Å². The molecule has 3 N–H and O–H groups in total. The highest BCUT2D eigenvalue weighted by atomic mass is 16.1. The first-order valence-corrected chi connectivity index (χ1v) is 6.80. The van der Waals surface area contributed by atoms with Gasteiger partial charge in [0.2, 0.25) is 5.91 Å². The maximum Gasteiger partial charge on any atom is 0.248 e. The lowest BCUT2D eigenvalue weighted by atomic mass is 10.1. The van der Waals surface area contributed by atoms with Crippen molar-refractivity contribution in [1.82, 2.24) is 10.3 Å². The summed E-state index contributed by atoms with van der Waals surface area (Å²) < 4.78 is 0. The normalized spacial score (nSPS) is 16.9. The van der Waals surface area contributed by atoms with Gasteiger partial charge in [0.05, 0.1) is 11.7 Å². The first-order valence-electron chi connectivity index (χ1n) is 6.80. The molecule has 1 heterocycles. The molecule has 3 rings (SSSR count). The number of primary amides is 1. The minimum Gasteiger partial charge on any atom is -0.366 e. The Labute approximate surface area is 118 Å². The summed E-state index contributed by atoms with van der Waals surface area (Å²) in [5.74, 6) is -0.389. The number of nitrogens with two attached hydrogens (primary N) is 1. The standard InChI is InChI=1S/C16H17N3O/c17-16(20)13-4-1-3-11(9-13)10-19-14-7-6-12-5-2-8-18-15(12)14/h1-5,8-9,14,19H,6-7,10H2,(H2,17,20). The van der Waals surface area contributed by atoms with Crippen molar-refractivity contribution in [3.8, 4) is 0 Å². The minimum absolute atomic E-state index is 0.295. The fourth-order valence-electron chi connectivity index (χ4n) is 2.69. The Morgan fingerprint density at radius 2 is 2.25 bits per heavy atom. The van der Waals surface area contributed by atoms with Crippen molar-refractivity contribution < 1.29 is 4.79 Å². The third kappa shape index (κ3) is 2.56. The minimum atomic E-state index is -0.389. The number of carbonyl (C=O) groups is 1. The average Bonchev–Trinajstić information content (AvgIpc) is 2.89. The summed E-state index contributed by atoms with van der Waals surface area (Å²) in [5.41, 5.74) is 9.39. The van der Waals surface area contributed by atoms with E-state index in [1.54, 1.807) is 6.07 Å². The number of carbonyl (C=O) groups excluding carboxylic acids is 1. The number of rotatable bonds is 4. The molecule has 0 radical (unpaired) electrons. The largest absolute Gasteiger partial charge is 0.366 e. The van der Waals surface area contributed by atoms with Gasteiger partial charge in [-0.1, -0.05) is 18.2 Å². The van der Waals surface area contributed by atoms with Gasteiger partial charge in [-0.15, -0.1) is 0 Å². The molecule has 1 aromatic carbocycles. The quantitative estimate of drug-likeness (QED) is 0.889. The number of hydrogen-bond donors (Lipinski definition) is 2. The second-order valence-corrected chi connectivity index (χ2v) is 5.08. The van der Waals surface area contributed by atoms with Crippen LogP contribution in [0, 0.1) is 0 Å². The molecular weight excluding hydrogens is 250 g/mol. The van der Waals surface area contributed by atoms with E-state index in [1.165, 1.54) is 5.56 Å². The van der Waals surface area contributed by atoms with Gasteiger partial charge in [0.1, 0.15) is 0 Å². The fourth-order valence-corrected chi connectivity index (χ4v) is 2.69. The number of nitrogens with one attached hydrogen (secondary N) is 1. The highest BCUT2D eigenvalue weighted by molar-refractivity contribution is 5.92. The Balaban J connectivity index is 1.69. The molecule has 1 aliphatic carbocycles. The molecule has 0 saturated heterocycles. The van der Waals surface area contributed by atoms with Crippen LogP contribution in [0.1, 0.15) is 39.6 Å². The van der Waals surface area contributed by atoms with Gasteiger partial charge < -0.3 is 11.1 Å². The zero-order chi connectivity index (χ0) is 13.9. The highest BCUT2D eigenvalue weighted by Gasteiger charge is 2.22. The van der Waals surface area contributed by atoms with Crippen LogP contribution in [0.15, 0.2) is 42.6 Å². The van der Waals surface area contributed by atoms with Crippen LogP contribution in [0.25, 0.3) is 0 Å². The first-order chi connectivity index (χ1) is 9.74. The topological polar surface area (TPSA) is 68.0 Å². The second-order valence-electron chi connectivity index (χ2n) is 5.08. The van der Waals surface area contributed by atoms with Crippen LogP contribution in [-0.2, 0) is 13.0 Å². The van der Waals surface area contributed by atoms with Gasteiger partial charge in [0.25, 0.3) is 0 Å². The number of aryl methyl sites for hydroxylation is 1. The summed E-state index contributed by atoms with van der Waals surface area (Å²) in [6.45, 7) is 0.710. The van der Waals surface area contributed by atoms with Crippen LogP contribution >= 0.6 is 0 Å². The van der Waals surface area contributed by atoms with Gasteiger partial charge in [0.15, 0.2) is 0 Å². The number of pyridine rings is 1. The molecule has 0 aliphatic heterocycles. The molecule has 0 bridgehead atoms. The second kappa shape index (κ2) is 5.43. The van der Waals surface area contributed by atoms with Gasteiger partial charge in [-0.25, -0.2) is 0 Å². The molecule has 0 saturated carbocycles. The van der Waals surface area contributed by atoms with E-state index in [0.717, 1.165) is 24.1 Å². The van der Waals surface area contributed by atoms with Crippen LogP contribution in [-0.4, -0.2) is 10.9 Å². The van der Waals surface area contributed by atoms with Crippen LogP contribution < -0.4 is 11.1 Å². The summed E-state index contributed by atoms with van der Waals surface area (Å²) in [5, 5.41) is 3.51. The summed E-state index contributed by atoms with van der Waals surface area (Å²) in [6.07, 6.45) is 3.98. The number of aromatic nitrogens is 1. The van der Waals surface area contributed by atoms with Crippen molar-refractivity contribution in [2.75, 3.05) is 0 Å². The fraction of sp³-hybridized carbons (Fsp3) is 0.250. The van der Waals surface area contributed by atoms with Crippen molar-refractivity contribution in [3.05, 3.63) is 65.0 Å². The molecule has 1 atom stereocenters. The zero-order valence-electron chi connectivity index (χ0n) is 11.2. The number of nitrogens with zero attached hydrogens (tertiary/aromatic N) is 1. The van der Waals surface area contributed by atoms with E-state index in [1.807, 2.05) is 30.5 Å². The summed E-state index contributed by atoms with van der Waals surface area (Å²) in [6, 6.07) is 11.8. The van der Waals surface area contributed by atoms with E-state index < -0.39 is 0 Å². The van der Waals surface area contributed by atoms with E-state index in [0.29, 0.717) is 18.2 Å². The molecular formula is C16H17N3O. The molecule has 20 heavy (non-hydrogen) atoms. The zero-order valence-corrected chi connectivity index (χ0v) is 11.2. The summed E-state index contributed by atoms with van der Waals surface area (Å²) >= 11 is 0. The van der Waals surface area contributed by atoms with Crippen molar-refractivity contribution in [2.24, 2.45) is 5.73 Å². The predicted octanol–water partition coefficient (Wildman–Crippen LogP) is 1.96. The third-order valence-electron chi connectivity index (χ3n) is 3.72. The molecule has 1 aliphatic rings. The van der Waals surface area contributed by atoms with Gasteiger partial charge in [-0.3, -0.25) is 9.78 Å². The van der Waals surface area contributed by atoms with Gasteiger partial charge in [-0.2, -0.15) is 0 Å². The molecule has 1 unspecified atom stereocenters. The van der Waals surface area contributed by atoms with E-state index in [4.69, 9.17) is 5.73 Å². The van der Waals surface area contributed by atoms with E-state index in [9.17, 15) is 4.79 Å². The lowest BCUT2D eigenvalue weighted by Crippen LogP contribution is -2.20. The van der Waals surface area contributed by atoms with E-state index in [-0.39, 0.29) is 5.91 Å². The number of fused-ring (bicyclic) bond motifs is 1. The molecule has 2 aromatic rings.